The zero-order chi connectivity index (χ0) is 11.1. The van der Waals surface area contributed by atoms with Crippen molar-refractivity contribution in [3.05, 3.63) is 28.3 Å². The Kier molecular flexibility index (Phi) is 2.63. The predicted molar refractivity (Wildman–Crippen MR) is 58.8 cm³/mol. The summed E-state index contributed by atoms with van der Waals surface area (Å²) in [6.45, 7) is 4.42. The Hall–Kier alpha value is -0.770. The zero-order valence-electron chi connectivity index (χ0n) is 8.84. The third-order valence-electron chi connectivity index (χ3n) is 2.44. The van der Waals surface area contributed by atoms with E-state index in [1.807, 2.05) is 26.0 Å². The van der Waals surface area contributed by atoms with Crippen LogP contribution in [0.1, 0.15) is 25.0 Å². The summed E-state index contributed by atoms with van der Waals surface area (Å²) in [7, 11) is 0. The Morgan fingerprint density at radius 2 is 2.27 bits per heavy atom. The summed E-state index contributed by atoms with van der Waals surface area (Å²) >= 11 is 6.01. The van der Waals surface area contributed by atoms with Crippen LogP contribution < -0.4 is 10.6 Å². The molecule has 0 unspecified atom stereocenters. The second-order valence-corrected chi connectivity index (χ2v) is 4.84. The van der Waals surface area contributed by atoms with Gasteiger partial charge in [-0.1, -0.05) is 11.6 Å². The topological polar surface area (TPSA) is 44.5 Å². The molecule has 0 aromatic heterocycles. The van der Waals surface area contributed by atoms with Crippen LogP contribution in [0, 0.1) is 0 Å². The lowest BCUT2D eigenvalue weighted by molar-refractivity contribution is 0.110. The highest BCUT2D eigenvalue weighted by Crippen LogP contribution is 2.39. The van der Waals surface area contributed by atoms with Crippen LogP contribution in [0.5, 0.6) is 5.75 Å². The third-order valence-corrected chi connectivity index (χ3v) is 2.66. The van der Waals surface area contributed by atoms with Gasteiger partial charge in [-0.2, -0.15) is 0 Å². The summed E-state index contributed by atoms with van der Waals surface area (Å²) in [5.74, 6) is 5.94. The van der Waals surface area contributed by atoms with Crippen LogP contribution in [0.3, 0.4) is 0 Å². The number of nitrogens with two attached hydrogens (primary N) is 1. The monoisotopic (exact) mass is 227 g/mol. The summed E-state index contributed by atoms with van der Waals surface area (Å²) in [6.07, 6.45) is 0.862. The molecule has 4 heteroatoms. The van der Waals surface area contributed by atoms with Gasteiger partial charge in [0.25, 0.3) is 0 Å². The number of hydrogen-bond donors (Lipinski definition) is 1. The van der Waals surface area contributed by atoms with Crippen molar-refractivity contribution < 1.29 is 9.57 Å². The van der Waals surface area contributed by atoms with Crippen LogP contribution in [0.15, 0.2) is 12.1 Å². The molecule has 2 rings (SSSR count). The number of ether oxygens (including phenoxy) is 1. The van der Waals surface area contributed by atoms with Gasteiger partial charge in [-0.3, -0.25) is 4.84 Å². The fraction of sp³-hybridized carbons (Fsp3) is 0.455. The highest BCUT2D eigenvalue weighted by molar-refractivity contribution is 6.30. The molecule has 0 spiro atoms. The van der Waals surface area contributed by atoms with E-state index >= 15 is 0 Å². The number of halogens is 1. The summed E-state index contributed by atoms with van der Waals surface area (Å²) in [4.78, 5) is 4.64. The van der Waals surface area contributed by atoms with E-state index in [9.17, 15) is 0 Å². The minimum Gasteiger partial charge on any atom is -0.487 e. The largest absolute Gasteiger partial charge is 0.487 e. The fourth-order valence-corrected chi connectivity index (χ4v) is 2.21. The molecule has 0 saturated heterocycles. The Balaban J connectivity index is 2.43. The van der Waals surface area contributed by atoms with Crippen molar-refractivity contribution in [3.8, 4) is 5.75 Å². The van der Waals surface area contributed by atoms with Crippen molar-refractivity contribution in [1.29, 1.82) is 0 Å². The molecule has 1 aromatic rings. The van der Waals surface area contributed by atoms with Gasteiger partial charge in [-0.25, -0.2) is 5.90 Å². The van der Waals surface area contributed by atoms with E-state index in [4.69, 9.17) is 22.2 Å². The fourth-order valence-electron chi connectivity index (χ4n) is 1.94. The van der Waals surface area contributed by atoms with Gasteiger partial charge >= 0.3 is 0 Å². The van der Waals surface area contributed by atoms with E-state index in [0.717, 1.165) is 23.3 Å². The van der Waals surface area contributed by atoms with Crippen LogP contribution in [0.2, 0.25) is 5.02 Å². The Morgan fingerprint density at radius 3 is 2.93 bits per heavy atom. The van der Waals surface area contributed by atoms with Gasteiger partial charge < -0.3 is 4.74 Å². The Bertz CT molecular complexity index is 390. The molecule has 0 fully saturated rings. The molecule has 0 radical (unpaired) electrons. The van der Waals surface area contributed by atoms with E-state index in [-0.39, 0.29) is 5.60 Å². The van der Waals surface area contributed by atoms with Gasteiger partial charge in [0.2, 0.25) is 0 Å². The molecule has 0 amide bonds. The second kappa shape index (κ2) is 3.67. The van der Waals surface area contributed by atoms with Crippen molar-refractivity contribution in [2.75, 3.05) is 0 Å². The predicted octanol–water partition coefficient (Wildman–Crippen LogP) is 2.44. The molecule has 0 saturated carbocycles. The average Bonchev–Trinajstić information content (AvgIpc) is 2.40. The van der Waals surface area contributed by atoms with Crippen molar-refractivity contribution in [2.45, 2.75) is 32.5 Å². The molecule has 1 aliphatic rings. The van der Waals surface area contributed by atoms with Crippen LogP contribution >= 0.6 is 11.6 Å². The minimum absolute atomic E-state index is 0.170. The Morgan fingerprint density at radius 1 is 1.53 bits per heavy atom. The van der Waals surface area contributed by atoms with Gasteiger partial charge in [-0.05, 0) is 31.5 Å². The van der Waals surface area contributed by atoms with Crippen molar-refractivity contribution in [2.24, 2.45) is 5.90 Å². The Labute approximate surface area is 94.1 Å². The summed E-state index contributed by atoms with van der Waals surface area (Å²) in [6, 6.07) is 3.76. The van der Waals surface area contributed by atoms with Crippen LogP contribution in [-0.4, -0.2) is 5.60 Å². The van der Waals surface area contributed by atoms with Crippen molar-refractivity contribution >= 4 is 11.6 Å². The maximum absolute atomic E-state index is 6.01. The first-order valence-electron chi connectivity index (χ1n) is 4.84. The van der Waals surface area contributed by atoms with Crippen molar-refractivity contribution in [1.82, 2.24) is 0 Å². The minimum atomic E-state index is -0.170. The maximum atomic E-state index is 6.01. The van der Waals surface area contributed by atoms with Gasteiger partial charge in [0.1, 0.15) is 11.4 Å². The maximum Gasteiger partial charge on any atom is 0.129 e. The lowest BCUT2D eigenvalue weighted by Crippen LogP contribution is -2.25. The molecular formula is C11H14ClNO2. The molecule has 3 nitrogen and oxygen atoms in total. The van der Waals surface area contributed by atoms with E-state index < -0.39 is 0 Å². The lowest BCUT2D eigenvalue weighted by atomic mass is 10.0. The number of hydrogen-bond acceptors (Lipinski definition) is 3. The molecule has 0 bridgehead atoms. The summed E-state index contributed by atoms with van der Waals surface area (Å²) in [5.41, 5.74) is 1.86. The normalized spacial score (nSPS) is 17.3. The molecule has 15 heavy (non-hydrogen) atoms. The quantitative estimate of drug-likeness (QED) is 0.790. The first-order valence-corrected chi connectivity index (χ1v) is 5.21. The molecule has 2 N–H and O–H groups in total. The molecular weight excluding hydrogens is 214 g/mol. The highest BCUT2D eigenvalue weighted by Gasteiger charge is 2.32. The zero-order valence-corrected chi connectivity index (χ0v) is 9.60. The lowest BCUT2D eigenvalue weighted by Gasteiger charge is -2.18. The SMILES string of the molecule is CC1(C)Cc2cc(Cl)cc(CON)c2O1. The molecule has 82 valence electrons. The molecule has 0 aliphatic carbocycles. The van der Waals surface area contributed by atoms with Gasteiger partial charge in [-0.15, -0.1) is 0 Å². The summed E-state index contributed by atoms with van der Waals surface area (Å²) in [5, 5.41) is 0.696. The third kappa shape index (κ3) is 2.09. The molecule has 0 atom stereocenters. The van der Waals surface area contributed by atoms with Gasteiger partial charge in [0.05, 0.1) is 6.61 Å². The van der Waals surface area contributed by atoms with Crippen LogP contribution in [0.25, 0.3) is 0 Å². The highest BCUT2D eigenvalue weighted by atomic mass is 35.5. The summed E-state index contributed by atoms with van der Waals surface area (Å²) < 4.78 is 5.84. The number of rotatable bonds is 2. The number of fused-ring (bicyclic) bond motifs is 1. The standard InChI is InChI=1S/C11H14ClNO2/c1-11(2)5-7-3-9(12)4-8(6-14-13)10(7)15-11/h3-4H,5-6,13H2,1-2H3. The second-order valence-electron chi connectivity index (χ2n) is 4.40. The van der Waals surface area contributed by atoms with E-state index in [1.165, 1.54) is 0 Å². The van der Waals surface area contributed by atoms with Gasteiger partial charge in [0.15, 0.2) is 0 Å². The molecule has 1 heterocycles. The smallest absolute Gasteiger partial charge is 0.129 e. The molecule has 1 aliphatic heterocycles. The number of benzene rings is 1. The van der Waals surface area contributed by atoms with Crippen LogP contribution in [-0.2, 0) is 17.9 Å². The first-order chi connectivity index (χ1) is 7.02. The van der Waals surface area contributed by atoms with E-state index in [1.54, 1.807) is 0 Å². The average molecular weight is 228 g/mol. The van der Waals surface area contributed by atoms with Crippen LogP contribution in [0.4, 0.5) is 0 Å². The first kappa shape index (κ1) is 10.7. The molecule has 1 aromatic carbocycles. The van der Waals surface area contributed by atoms with E-state index in [0.29, 0.717) is 11.6 Å². The van der Waals surface area contributed by atoms with Gasteiger partial charge in [0, 0.05) is 17.0 Å². The van der Waals surface area contributed by atoms with Crippen molar-refractivity contribution in [3.63, 3.8) is 0 Å². The van der Waals surface area contributed by atoms with E-state index in [2.05, 4.69) is 4.84 Å².